The summed E-state index contributed by atoms with van der Waals surface area (Å²) >= 11 is 0. The molecule has 0 aromatic carbocycles. The molecule has 0 fully saturated rings. The highest BCUT2D eigenvalue weighted by Crippen LogP contribution is 2.26. The van der Waals surface area contributed by atoms with Gasteiger partial charge < -0.3 is 10.2 Å². The summed E-state index contributed by atoms with van der Waals surface area (Å²) in [4.78, 5) is 6.90. The second-order valence-corrected chi connectivity index (χ2v) is 3.68. The van der Waals surface area contributed by atoms with Crippen molar-refractivity contribution >= 4 is 11.5 Å². The molecule has 76 valence electrons. The van der Waals surface area contributed by atoms with Crippen LogP contribution in [-0.4, -0.2) is 24.6 Å². The topological polar surface area (TPSA) is 28.2 Å². The number of hydrogen-bond acceptors (Lipinski definition) is 3. The fourth-order valence-electron chi connectivity index (χ4n) is 1.86. The van der Waals surface area contributed by atoms with E-state index >= 15 is 0 Å². The van der Waals surface area contributed by atoms with Gasteiger partial charge >= 0.3 is 0 Å². The van der Waals surface area contributed by atoms with Gasteiger partial charge in [0.15, 0.2) is 0 Å². The highest BCUT2D eigenvalue weighted by atomic mass is 15.2. The van der Waals surface area contributed by atoms with E-state index in [-0.39, 0.29) is 0 Å². The van der Waals surface area contributed by atoms with Crippen LogP contribution in [0.2, 0.25) is 0 Å². The Balaban J connectivity index is 2.39. The number of nitrogens with one attached hydrogen (secondary N) is 1. The van der Waals surface area contributed by atoms with E-state index in [2.05, 4.69) is 34.3 Å². The number of nitrogens with zero attached hydrogens (tertiary/aromatic N) is 2. The van der Waals surface area contributed by atoms with Crippen molar-refractivity contribution in [3.05, 3.63) is 17.8 Å². The monoisotopic (exact) mass is 191 g/mol. The molecule has 14 heavy (non-hydrogen) atoms. The van der Waals surface area contributed by atoms with Crippen molar-refractivity contribution in [2.75, 3.05) is 29.9 Å². The first-order valence-corrected chi connectivity index (χ1v) is 5.27. The van der Waals surface area contributed by atoms with E-state index in [9.17, 15) is 0 Å². The average Bonchev–Trinajstić information content (AvgIpc) is 2.38. The lowest BCUT2D eigenvalue weighted by Crippen LogP contribution is -2.23. The molecule has 1 aromatic rings. The van der Waals surface area contributed by atoms with Gasteiger partial charge in [0.05, 0.1) is 5.69 Å². The van der Waals surface area contributed by atoms with Crippen molar-refractivity contribution < 1.29 is 0 Å². The number of fused-ring (bicyclic) bond motifs is 1. The fourth-order valence-corrected chi connectivity index (χ4v) is 1.86. The molecule has 2 heterocycles. The van der Waals surface area contributed by atoms with Crippen molar-refractivity contribution in [1.82, 2.24) is 4.98 Å². The van der Waals surface area contributed by atoms with E-state index in [0.29, 0.717) is 0 Å². The molecule has 0 aliphatic carbocycles. The van der Waals surface area contributed by atoms with E-state index in [0.717, 1.165) is 31.1 Å². The van der Waals surface area contributed by atoms with Gasteiger partial charge in [0.2, 0.25) is 0 Å². The Morgan fingerprint density at radius 1 is 1.50 bits per heavy atom. The Bertz CT molecular complexity index is 322. The average molecular weight is 191 g/mol. The number of rotatable bonds is 1. The zero-order chi connectivity index (χ0) is 9.97. The van der Waals surface area contributed by atoms with Gasteiger partial charge in [-0.2, -0.15) is 0 Å². The second-order valence-electron chi connectivity index (χ2n) is 3.68. The van der Waals surface area contributed by atoms with E-state index in [1.165, 1.54) is 12.1 Å². The van der Waals surface area contributed by atoms with Crippen molar-refractivity contribution in [3.63, 3.8) is 0 Å². The van der Waals surface area contributed by atoms with Gasteiger partial charge in [-0.1, -0.05) is 0 Å². The summed E-state index contributed by atoms with van der Waals surface area (Å²) in [7, 11) is 0. The Kier molecular flexibility index (Phi) is 2.57. The van der Waals surface area contributed by atoms with Gasteiger partial charge in [-0.05, 0) is 32.4 Å². The van der Waals surface area contributed by atoms with E-state index in [1.807, 2.05) is 6.92 Å². The van der Waals surface area contributed by atoms with Crippen molar-refractivity contribution in [3.8, 4) is 0 Å². The van der Waals surface area contributed by atoms with Crippen LogP contribution in [0.5, 0.6) is 0 Å². The van der Waals surface area contributed by atoms with Crippen LogP contribution < -0.4 is 10.2 Å². The molecule has 3 nitrogen and oxygen atoms in total. The van der Waals surface area contributed by atoms with Gasteiger partial charge in [0.25, 0.3) is 0 Å². The van der Waals surface area contributed by atoms with Crippen LogP contribution in [0.25, 0.3) is 0 Å². The first kappa shape index (κ1) is 9.31. The van der Waals surface area contributed by atoms with Crippen LogP contribution in [0.1, 0.15) is 19.0 Å². The van der Waals surface area contributed by atoms with Crippen LogP contribution >= 0.6 is 0 Å². The summed E-state index contributed by atoms with van der Waals surface area (Å²) in [5.74, 6) is 1.05. The molecular weight excluding hydrogens is 174 g/mol. The lowest BCUT2D eigenvalue weighted by molar-refractivity contribution is 0.786. The summed E-state index contributed by atoms with van der Waals surface area (Å²) in [6, 6.07) is 4.24. The van der Waals surface area contributed by atoms with Gasteiger partial charge in [0, 0.05) is 25.3 Å². The minimum atomic E-state index is 1.03. The Morgan fingerprint density at radius 3 is 3.14 bits per heavy atom. The zero-order valence-electron chi connectivity index (χ0n) is 8.88. The minimum Gasteiger partial charge on any atom is -0.369 e. The number of hydrogen-bond donors (Lipinski definition) is 1. The maximum absolute atomic E-state index is 4.52. The smallest absolute Gasteiger partial charge is 0.149 e. The van der Waals surface area contributed by atoms with Crippen molar-refractivity contribution in [1.29, 1.82) is 0 Å². The molecule has 0 saturated carbocycles. The maximum atomic E-state index is 4.52. The van der Waals surface area contributed by atoms with Crippen LogP contribution in [0.3, 0.4) is 0 Å². The third-order valence-corrected chi connectivity index (χ3v) is 2.63. The minimum absolute atomic E-state index is 1.03. The number of aryl methyl sites for hydroxylation is 1. The van der Waals surface area contributed by atoms with E-state index in [1.54, 1.807) is 0 Å². The molecule has 1 aliphatic heterocycles. The third-order valence-electron chi connectivity index (χ3n) is 2.63. The predicted molar refractivity (Wildman–Crippen MR) is 60.0 cm³/mol. The SMILES string of the molecule is CCN1CCCNc2nc(C)ccc21. The Labute approximate surface area is 85.1 Å². The Hall–Kier alpha value is -1.25. The van der Waals surface area contributed by atoms with E-state index < -0.39 is 0 Å². The summed E-state index contributed by atoms with van der Waals surface area (Å²) < 4.78 is 0. The molecule has 0 saturated heterocycles. The number of pyridine rings is 1. The molecule has 1 aromatic heterocycles. The molecule has 2 rings (SSSR count). The van der Waals surface area contributed by atoms with Gasteiger partial charge in [-0.3, -0.25) is 0 Å². The van der Waals surface area contributed by atoms with Crippen molar-refractivity contribution in [2.24, 2.45) is 0 Å². The molecule has 0 spiro atoms. The molecule has 1 N–H and O–H groups in total. The maximum Gasteiger partial charge on any atom is 0.149 e. The number of anilines is 2. The largest absolute Gasteiger partial charge is 0.369 e. The highest BCUT2D eigenvalue weighted by Gasteiger charge is 2.13. The van der Waals surface area contributed by atoms with Crippen LogP contribution in [0, 0.1) is 6.92 Å². The third kappa shape index (κ3) is 1.67. The number of aromatic nitrogens is 1. The fraction of sp³-hybridized carbons (Fsp3) is 0.545. The quantitative estimate of drug-likeness (QED) is 0.736. The van der Waals surface area contributed by atoms with Gasteiger partial charge in [-0.15, -0.1) is 0 Å². The Morgan fingerprint density at radius 2 is 2.36 bits per heavy atom. The highest BCUT2D eigenvalue weighted by molar-refractivity contribution is 5.66. The predicted octanol–water partition coefficient (Wildman–Crippen LogP) is 2.03. The molecular formula is C11H17N3. The molecule has 3 heteroatoms. The van der Waals surface area contributed by atoms with Crippen molar-refractivity contribution in [2.45, 2.75) is 20.3 Å². The molecule has 0 bridgehead atoms. The van der Waals surface area contributed by atoms with Gasteiger partial charge in [0.1, 0.15) is 5.82 Å². The van der Waals surface area contributed by atoms with Crippen LogP contribution in [0.4, 0.5) is 11.5 Å². The summed E-state index contributed by atoms with van der Waals surface area (Å²) in [6.45, 7) is 7.43. The zero-order valence-corrected chi connectivity index (χ0v) is 8.88. The molecule has 0 radical (unpaired) electrons. The summed E-state index contributed by atoms with van der Waals surface area (Å²) in [6.07, 6.45) is 1.18. The summed E-state index contributed by atoms with van der Waals surface area (Å²) in [5, 5.41) is 3.38. The molecule has 0 amide bonds. The first-order chi connectivity index (χ1) is 6.81. The van der Waals surface area contributed by atoms with Crippen LogP contribution in [-0.2, 0) is 0 Å². The lowest BCUT2D eigenvalue weighted by Gasteiger charge is -2.21. The molecule has 0 unspecified atom stereocenters. The second kappa shape index (κ2) is 3.86. The standard InChI is InChI=1S/C11H17N3/c1-3-14-8-4-7-12-11-10(14)6-5-9(2)13-11/h5-6H,3-4,7-8H2,1-2H3,(H,12,13). The van der Waals surface area contributed by atoms with E-state index in [4.69, 9.17) is 0 Å². The summed E-state index contributed by atoms with van der Waals surface area (Å²) in [5.41, 5.74) is 2.32. The normalized spacial score (nSPS) is 15.7. The van der Waals surface area contributed by atoms with Gasteiger partial charge in [-0.25, -0.2) is 4.98 Å². The van der Waals surface area contributed by atoms with Crippen LogP contribution in [0.15, 0.2) is 12.1 Å². The first-order valence-electron chi connectivity index (χ1n) is 5.27. The molecule has 0 atom stereocenters. The lowest BCUT2D eigenvalue weighted by atomic mass is 10.3. The molecule has 1 aliphatic rings.